The maximum Gasteiger partial charge on any atom is 0.284 e. The largest absolute Gasteiger partial charge is 0.491 e. The molecule has 0 unspecified atom stereocenters. The van der Waals surface area contributed by atoms with Crippen molar-refractivity contribution in [2.75, 3.05) is 7.11 Å². The van der Waals surface area contributed by atoms with E-state index in [1.807, 2.05) is 0 Å². The third kappa shape index (κ3) is 2.12. The van der Waals surface area contributed by atoms with Gasteiger partial charge in [-0.25, -0.2) is 13.8 Å². The molecule has 1 amide bonds. The van der Waals surface area contributed by atoms with E-state index in [9.17, 15) is 18.0 Å². The number of ether oxygens (including phenoxy) is 1. The molecule has 8 heteroatoms. The van der Waals surface area contributed by atoms with Gasteiger partial charge in [-0.2, -0.15) is 4.39 Å². The molecule has 0 fully saturated rings. The van der Waals surface area contributed by atoms with Crippen LogP contribution in [-0.4, -0.2) is 23.0 Å². The Morgan fingerprint density at radius 1 is 1.37 bits per heavy atom. The van der Waals surface area contributed by atoms with Crippen LogP contribution in [0.15, 0.2) is 12.3 Å². The van der Waals surface area contributed by atoms with Crippen LogP contribution >= 0.6 is 0 Å². The summed E-state index contributed by atoms with van der Waals surface area (Å²) in [5.41, 5.74) is 4.46. The summed E-state index contributed by atoms with van der Waals surface area (Å²) >= 11 is 0. The predicted octanol–water partition coefficient (Wildman–Crippen LogP) is 1.60. The zero-order valence-electron chi connectivity index (χ0n) is 9.63. The van der Waals surface area contributed by atoms with E-state index >= 15 is 0 Å². The highest BCUT2D eigenvalue weighted by molar-refractivity contribution is 5.89. The summed E-state index contributed by atoms with van der Waals surface area (Å²) in [6.45, 7) is 0. The fourth-order valence-corrected chi connectivity index (χ4v) is 1.54. The SMILES string of the molecule is COc1c(F)cc(-c2cnc(C(N)=O)[nH]2)c(F)c1F. The van der Waals surface area contributed by atoms with E-state index in [-0.39, 0.29) is 11.5 Å². The lowest BCUT2D eigenvalue weighted by molar-refractivity contribution is 0.0991. The number of H-pyrrole nitrogens is 1. The Morgan fingerprint density at radius 2 is 2.05 bits per heavy atom. The van der Waals surface area contributed by atoms with Gasteiger partial charge < -0.3 is 15.5 Å². The Labute approximate surface area is 105 Å². The number of imidazole rings is 1. The minimum atomic E-state index is -1.47. The number of hydrogen-bond acceptors (Lipinski definition) is 3. The highest BCUT2D eigenvalue weighted by Gasteiger charge is 2.21. The van der Waals surface area contributed by atoms with Gasteiger partial charge in [-0.3, -0.25) is 4.79 Å². The fourth-order valence-electron chi connectivity index (χ4n) is 1.54. The minimum absolute atomic E-state index is 0.0771. The molecule has 19 heavy (non-hydrogen) atoms. The zero-order valence-corrected chi connectivity index (χ0v) is 9.63. The number of benzene rings is 1. The average molecular weight is 271 g/mol. The van der Waals surface area contributed by atoms with Crippen LogP contribution in [0.5, 0.6) is 5.75 Å². The number of carbonyl (C=O) groups excluding carboxylic acids is 1. The molecule has 1 heterocycles. The molecular weight excluding hydrogens is 263 g/mol. The molecule has 0 aliphatic heterocycles. The van der Waals surface area contributed by atoms with Crippen molar-refractivity contribution in [1.29, 1.82) is 0 Å². The number of aromatic amines is 1. The van der Waals surface area contributed by atoms with Gasteiger partial charge in [0.05, 0.1) is 19.0 Å². The molecule has 0 atom stereocenters. The number of carbonyl (C=O) groups is 1. The minimum Gasteiger partial charge on any atom is -0.491 e. The van der Waals surface area contributed by atoms with Crippen molar-refractivity contribution in [2.45, 2.75) is 0 Å². The normalized spacial score (nSPS) is 10.5. The number of amides is 1. The van der Waals surface area contributed by atoms with E-state index in [4.69, 9.17) is 5.73 Å². The summed E-state index contributed by atoms with van der Waals surface area (Å²) in [6, 6.07) is 0.732. The van der Waals surface area contributed by atoms with Crippen LogP contribution in [0.1, 0.15) is 10.6 Å². The number of rotatable bonds is 3. The second-order valence-corrected chi connectivity index (χ2v) is 3.58. The Kier molecular flexibility index (Phi) is 3.16. The highest BCUT2D eigenvalue weighted by atomic mass is 19.2. The smallest absolute Gasteiger partial charge is 0.284 e. The van der Waals surface area contributed by atoms with Crippen LogP contribution in [0.3, 0.4) is 0 Å². The zero-order chi connectivity index (χ0) is 14.2. The van der Waals surface area contributed by atoms with Crippen molar-refractivity contribution in [1.82, 2.24) is 9.97 Å². The summed E-state index contributed by atoms with van der Waals surface area (Å²) in [6.07, 6.45) is 1.05. The first-order valence-electron chi connectivity index (χ1n) is 5.02. The van der Waals surface area contributed by atoms with Gasteiger partial charge >= 0.3 is 0 Å². The summed E-state index contributed by atoms with van der Waals surface area (Å²) in [7, 11) is 1.02. The lowest BCUT2D eigenvalue weighted by Gasteiger charge is -2.07. The van der Waals surface area contributed by atoms with Crippen LogP contribution in [0, 0.1) is 17.5 Å². The molecule has 0 spiro atoms. The molecule has 5 nitrogen and oxygen atoms in total. The summed E-state index contributed by atoms with van der Waals surface area (Å²) in [5.74, 6) is -5.81. The number of aromatic nitrogens is 2. The fraction of sp³-hybridized carbons (Fsp3) is 0.0909. The standard InChI is InChI=1S/C11H8F3N3O2/c1-19-9-5(12)2-4(7(13)8(9)14)6-3-16-11(17-6)10(15)18/h2-3H,1H3,(H2,15,18)(H,16,17). The molecule has 0 aliphatic rings. The van der Waals surface area contributed by atoms with Crippen LogP contribution in [0.25, 0.3) is 11.3 Å². The third-order valence-corrected chi connectivity index (χ3v) is 2.42. The van der Waals surface area contributed by atoms with Crippen LogP contribution in [-0.2, 0) is 0 Å². The quantitative estimate of drug-likeness (QED) is 0.832. The maximum absolute atomic E-state index is 13.7. The van der Waals surface area contributed by atoms with Gasteiger partial charge in [-0.05, 0) is 6.07 Å². The van der Waals surface area contributed by atoms with E-state index in [0.29, 0.717) is 0 Å². The second-order valence-electron chi connectivity index (χ2n) is 3.58. The van der Waals surface area contributed by atoms with Crippen molar-refractivity contribution < 1.29 is 22.7 Å². The first-order valence-corrected chi connectivity index (χ1v) is 5.02. The van der Waals surface area contributed by atoms with Crippen molar-refractivity contribution >= 4 is 5.91 Å². The molecular formula is C11H8F3N3O2. The molecule has 2 rings (SSSR count). The number of primary amides is 1. The second kappa shape index (κ2) is 4.63. The Balaban J connectivity index is 2.59. The van der Waals surface area contributed by atoms with E-state index in [1.54, 1.807) is 0 Å². The molecule has 0 bridgehead atoms. The molecule has 2 aromatic rings. The molecule has 0 saturated heterocycles. The average Bonchev–Trinajstić information content (AvgIpc) is 2.84. The Hall–Kier alpha value is -2.51. The lowest BCUT2D eigenvalue weighted by Crippen LogP contribution is -2.12. The molecule has 0 saturated carbocycles. The number of nitrogens with one attached hydrogen (secondary N) is 1. The number of halogens is 3. The topological polar surface area (TPSA) is 81.0 Å². The number of nitrogens with two attached hydrogens (primary N) is 1. The van der Waals surface area contributed by atoms with E-state index in [1.165, 1.54) is 0 Å². The maximum atomic E-state index is 13.7. The first kappa shape index (κ1) is 12.9. The van der Waals surface area contributed by atoms with E-state index < -0.39 is 34.7 Å². The molecule has 100 valence electrons. The van der Waals surface area contributed by atoms with Gasteiger partial charge in [0.15, 0.2) is 23.2 Å². The number of nitrogens with zero attached hydrogens (tertiary/aromatic N) is 1. The summed E-state index contributed by atoms with van der Waals surface area (Å²) < 4.78 is 45.1. The highest BCUT2D eigenvalue weighted by Crippen LogP contribution is 2.31. The van der Waals surface area contributed by atoms with E-state index in [2.05, 4.69) is 14.7 Å². The van der Waals surface area contributed by atoms with Gasteiger partial charge in [-0.1, -0.05) is 0 Å². The third-order valence-electron chi connectivity index (χ3n) is 2.42. The monoisotopic (exact) mass is 271 g/mol. The van der Waals surface area contributed by atoms with Gasteiger partial charge in [0.25, 0.3) is 5.91 Å². The molecule has 0 radical (unpaired) electrons. The predicted molar refractivity (Wildman–Crippen MR) is 59.0 cm³/mol. The van der Waals surface area contributed by atoms with Crippen molar-refractivity contribution in [2.24, 2.45) is 5.73 Å². The molecule has 0 aliphatic carbocycles. The van der Waals surface area contributed by atoms with Gasteiger partial charge in [0.2, 0.25) is 5.82 Å². The first-order chi connectivity index (χ1) is 8.95. The Bertz CT molecular complexity index is 655. The van der Waals surface area contributed by atoms with Crippen LogP contribution in [0.2, 0.25) is 0 Å². The van der Waals surface area contributed by atoms with Gasteiger partial charge in [-0.15, -0.1) is 0 Å². The summed E-state index contributed by atoms with van der Waals surface area (Å²) in [5, 5.41) is 0. The van der Waals surface area contributed by atoms with Crippen LogP contribution in [0.4, 0.5) is 13.2 Å². The van der Waals surface area contributed by atoms with Gasteiger partial charge in [0, 0.05) is 5.56 Å². The number of hydrogen-bond donors (Lipinski definition) is 2. The van der Waals surface area contributed by atoms with Crippen molar-refractivity contribution in [3.8, 4) is 17.0 Å². The van der Waals surface area contributed by atoms with Gasteiger partial charge in [0.1, 0.15) is 0 Å². The summed E-state index contributed by atoms with van der Waals surface area (Å²) in [4.78, 5) is 16.8. The van der Waals surface area contributed by atoms with Crippen molar-refractivity contribution in [3.63, 3.8) is 0 Å². The molecule has 3 N–H and O–H groups in total. The Morgan fingerprint density at radius 3 is 2.58 bits per heavy atom. The van der Waals surface area contributed by atoms with E-state index in [0.717, 1.165) is 19.4 Å². The number of methoxy groups -OCH3 is 1. The van der Waals surface area contributed by atoms with Crippen molar-refractivity contribution in [3.05, 3.63) is 35.5 Å². The van der Waals surface area contributed by atoms with Crippen LogP contribution < -0.4 is 10.5 Å². The molecule has 1 aromatic heterocycles. The molecule has 1 aromatic carbocycles. The lowest BCUT2D eigenvalue weighted by atomic mass is 10.1.